The third kappa shape index (κ3) is 6.83. The van der Waals surface area contributed by atoms with E-state index in [9.17, 15) is 9.59 Å². The Labute approximate surface area is 239 Å². The lowest BCUT2D eigenvalue weighted by atomic mass is 9.98. The molecule has 1 N–H and O–H groups in total. The molecule has 214 valence electrons. The van der Waals surface area contributed by atoms with Crippen LogP contribution in [0.4, 0.5) is 11.5 Å². The van der Waals surface area contributed by atoms with Gasteiger partial charge in [0.25, 0.3) is 0 Å². The molecule has 1 aliphatic carbocycles. The maximum Gasteiger partial charge on any atom is 0.222 e. The fraction of sp³-hybridized carbons (Fsp3) is 0.355. The van der Waals surface area contributed by atoms with Gasteiger partial charge in [0.1, 0.15) is 18.8 Å². The van der Waals surface area contributed by atoms with Crippen molar-refractivity contribution >= 4 is 34.0 Å². The van der Waals surface area contributed by atoms with Gasteiger partial charge >= 0.3 is 0 Å². The molecule has 0 amide bonds. The molecule has 0 atom stereocenters. The van der Waals surface area contributed by atoms with Gasteiger partial charge in [0.2, 0.25) is 11.6 Å². The normalized spacial score (nSPS) is 16.3. The highest BCUT2D eigenvalue weighted by molar-refractivity contribution is 6.20. The summed E-state index contributed by atoms with van der Waals surface area (Å²) in [6.45, 7) is 3.55. The Morgan fingerprint density at radius 2 is 1.78 bits per heavy atom. The molecule has 10 heteroatoms. The smallest absolute Gasteiger partial charge is 0.222 e. The Bertz CT molecular complexity index is 1460. The minimum Gasteiger partial charge on any atom is -0.493 e. The zero-order valence-corrected chi connectivity index (χ0v) is 23.6. The quantitative estimate of drug-likeness (QED) is 0.350. The monoisotopic (exact) mass is 557 g/mol. The van der Waals surface area contributed by atoms with Crippen molar-refractivity contribution < 1.29 is 23.8 Å². The van der Waals surface area contributed by atoms with Crippen molar-refractivity contribution in [2.75, 3.05) is 64.3 Å². The first-order chi connectivity index (χ1) is 19.9. The van der Waals surface area contributed by atoms with Crippen LogP contribution in [-0.4, -0.2) is 80.5 Å². The van der Waals surface area contributed by atoms with Gasteiger partial charge in [-0.1, -0.05) is 18.2 Å². The number of anilines is 2. The molecule has 2 heterocycles. The van der Waals surface area contributed by atoms with E-state index in [1.54, 1.807) is 13.2 Å². The van der Waals surface area contributed by atoms with Gasteiger partial charge in [-0.15, -0.1) is 0 Å². The molecule has 2 aliphatic rings. The number of nitrogens with zero attached hydrogens (tertiary/aromatic N) is 4. The van der Waals surface area contributed by atoms with Crippen LogP contribution < -0.4 is 19.7 Å². The number of carbonyl (C=O) groups is 2. The van der Waals surface area contributed by atoms with Crippen molar-refractivity contribution in [2.24, 2.45) is 5.92 Å². The van der Waals surface area contributed by atoms with E-state index >= 15 is 0 Å². The highest BCUT2D eigenvalue weighted by Gasteiger charge is 2.24. The van der Waals surface area contributed by atoms with Gasteiger partial charge < -0.3 is 29.3 Å². The molecule has 0 bridgehead atoms. The Morgan fingerprint density at radius 1 is 1.00 bits per heavy atom. The van der Waals surface area contributed by atoms with Crippen LogP contribution in [0.25, 0.3) is 10.9 Å². The number of ketones is 2. The summed E-state index contributed by atoms with van der Waals surface area (Å²) in [5, 5.41) is 3.64. The number of para-hydroxylation sites is 1. The number of benzene rings is 2. The fourth-order valence-corrected chi connectivity index (χ4v) is 4.86. The van der Waals surface area contributed by atoms with E-state index in [1.807, 2.05) is 48.3 Å². The zero-order valence-electron chi connectivity index (χ0n) is 23.6. The second kappa shape index (κ2) is 12.8. The minimum absolute atomic E-state index is 0.0163. The highest BCUT2D eigenvalue weighted by Crippen LogP contribution is 2.35. The molecule has 0 spiro atoms. The molecule has 5 rings (SSSR count). The Balaban J connectivity index is 1.24. The van der Waals surface area contributed by atoms with Crippen LogP contribution in [0.5, 0.6) is 11.5 Å². The van der Waals surface area contributed by atoms with E-state index in [4.69, 9.17) is 14.2 Å². The number of allylic oxidation sites excluding steroid dienone is 2. The van der Waals surface area contributed by atoms with E-state index < -0.39 is 5.78 Å². The number of methoxy groups -OCH3 is 1. The third-order valence-electron chi connectivity index (χ3n) is 7.41. The van der Waals surface area contributed by atoms with Crippen LogP contribution >= 0.6 is 0 Å². The number of likely N-dealkylation sites (N-methyl/N-ethyl adjacent to an activating group) is 1. The first kappa shape index (κ1) is 28.1. The summed E-state index contributed by atoms with van der Waals surface area (Å²) in [5.41, 5.74) is 1.76. The van der Waals surface area contributed by atoms with Gasteiger partial charge in [0, 0.05) is 36.3 Å². The standard InChI is InChI=1S/C31H35N5O5/c1-35-11-9-21(10-12-35)19-41-30-17-24-23(15-29(30)39-3)31(33-20-32-24)34-25-16-27(38)28(18-26(25)37)40-14-13-36(2)22-7-5-4-6-8-22/h4-8,15-18,20-21H,9-14,19H2,1-3H3,(H,32,33,34). The molecule has 1 saturated heterocycles. The predicted molar refractivity (Wildman–Crippen MR) is 157 cm³/mol. The summed E-state index contributed by atoms with van der Waals surface area (Å²) in [6, 6.07) is 13.4. The van der Waals surface area contributed by atoms with Gasteiger partial charge in [-0.3, -0.25) is 9.59 Å². The molecule has 0 saturated carbocycles. The van der Waals surface area contributed by atoms with E-state index in [2.05, 4.69) is 27.2 Å². The van der Waals surface area contributed by atoms with Crippen molar-refractivity contribution in [3.63, 3.8) is 0 Å². The second-order valence-electron chi connectivity index (χ2n) is 10.3. The van der Waals surface area contributed by atoms with Crippen LogP contribution in [0.1, 0.15) is 12.8 Å². The summed E-state index contributed by atoms with van der Waals surface area (Å²) in [5.74, 6) is 1.26. The lowest BCUT2D eigenvalue weighted by Gasteiger charge is -2.28. The summed E-state index contributed by atoms with van der Waals surface area (Å²) in [4.78, 5) is 38.7. The van der Waals surface area contributed by atoms with Crippen LogP contribution in [0.3, 0.4) is 0 Å². The molecule has 0 unspecified atom stereocenters. The summed E-state index contributed by atoms with van der Waals surface area (Å²) < 4.78 is 17.4. The maximum absolute atomic E-state index is 12.9. The van der Waals surface area contributed by atoms with Crippen LogP contribution in [0, 0.1) is 5.92 Å². The third-order valence-corrected chi connectivity index (χ3v) is 7.41. The second-order valence-corrected chi connectivity index (χ2v) is 10.3. The largest absolute Gasteiger partial charge is 0.493 e. The fourth-order valence-electron chi connectivity index (χ4n) is 4.86. The summed E-state index contributed by atoms with van der Waals surface area (Å²) in [7, 11) is 5.66. The van der Waals surface area contributed by atoms with Crippen LogP contribution in [0.2, 0.25) is 0 Å². The summed E-state index contributed by atoms with van der Waals surface area (Å²) >= 11 is 0. The van der Waals surface area contributed by atoms with Gasteiger partial charge in [-0.25, -0.2) is 9.97 Å². The number of piperidine rings is 1. The lowest BCUT2D eigenvalue weighted by Crippen LogP contribution is -2.32. The van der Waals surface area contributed by atoms with E-state index in [-0.39, 0.29) is 23.8 Å². The Morgan fingerprint density at radius 3 is 2.54 bits per heavy atom. The van der Waals surface area contributed by atoms with Crippen molar-refractivity contribution in [3.8, 4) is 11.5 Å². The molecule has 2 aromatic carbocycles. The number of nitrogens with one attached hydrogen (secondary N) is 1. The minimum atomic E-state index is -0.394. The number of aromatic nitrogens is 2. The molecule has 1 aliphatic heterocycles. The molecular weight excluding hydrogens is 522 g/mol. The number of fused-ring (bicyclic) bond motifs is 1. The molecule has 41 heavy (non-hydrogen) atoms. The zero-order chi connectivity index (χ0) is 28.8. The average molecular weight is 558 g/mol. The van der Waals surface area contributed by atoms with E-state index in [0.29, 0.717) is 47.3 Å². The van der Waals surface area contributed by atoms with E-state index in [0.717, 1.165) is 31.6 Å². The van der Waals surface area contributed by atoms with Crippen molar-refractivity contribution in [2.45, 2.75) is 12.8 Å². The van der Waals surface area contributed by atoms with E-state index in [1.165, 1.54) is 18.5 Å². The molecular formula is C31H35N5O5. The lowest BCUT2D eigenvalue weighted by molar-refractivity contribution is -0.117. The van der Waals surface area contributed by atoms with Crippen LogP contribution in [-0.2, 0) is 14.3 Å². The number of ether oxygens (including phenoxy) is 3. The van der Waals surface area contributed by atoms with Crippen molar-refractivity contribution in [1.82, 2.24) is 14.9 Å². The Hall–Kier alpha value is -4.44. The SMILES string of the molecule is COc1cc2c(NC3=CC(=O)C(OCCN(C)c4ccccc4)=CC3=O)ncnc2cc1OCC1CCN(C)CC1. The highest BCUT2D eigenvalue weighted by atomic mass is 16.5. The maximum atomic E-state index is 12.9. The van der Waals surface area contributed by atoms with Crippen molar-refractivity contribution in [3.05, 3.63) is 72.4 Å². The van der Waals surface area contributed by atoms with Gasteiger partial charge in [-0.05, 0) is 57.1 Å². The van der Waals surface area contributed by atoms with Crippen LogP contribution in [0.15, 0.2) is 72.4 Å². The van der Waals surface area contributed by atoms with Gasteiger partial charge in [0.15, 0.2) is 17.3 Å². The number of hydrogen-bond acceptors (Lipinski definition) is 10. The molecule has 3 aromatic rings. The number of rotatable bonds is 11. The van der Waals surface area contributed by atoms with Crippen molar-refractivity contribution in [1.29, 1.82) is 0 Å². The Kier molecular flexibility index (Phi) is 8.79. The molecule has 10 nitrogen and oxygen atoms in total. The number of hydrogen-bond donors (Lipinski definition) is 1. The topological polar surface area (TPSA) is 106 Å². The first-order valence-electron chi connectivity index (χ1n) is 13.7. The van der Waals surface area contributed by atoms with Gasteiger partial charge in [0.05, 0.1) is 31.5 Å². The number of likely N-dealkylation sites (tertiary alicyclic amines) is 1. The molecule has 0 radical (unpaired) electrons. The molecule has 1 aromatic heterocycles. The average Bonchev–Trinajstić information content (AvgIpc) is 2.99. The predicted octanol–water partition coefficient (Wildman–Crippen LogP) is 3.84. The molecule has 1 fully saturated rings. The number of carbonyl (C=O) groups excluding carboxylic acids is 2. The first-order valence-corrected chi connectivity index (χ1v) is 13.7. The van der Waals surface area contributed by atoms with Gasteiger partial charge in [-0.2, -0.15) is 0 Å². The summed E-state index contributed by atoms with van der Waals surface area (Å²) in [6.07, 6.45) is 6.04.